The van der Waals surface area contributed by atoms with Crippen molar-refractivity contribution < 1.29 is 19.4 Å². The number of halogens is 2. The van der Waals surface area contributed by atoms with Crippen LogP contribution in [-0.2, 0) is 18.3 Å². The van der Waals surface area contributed by atoms with Gasteiger partial charge in [-0.05, 0) is 62.1 Å². The molecule has 12 heteroatoms. The summed E-state index contributed by atoms with van der Waals surface area (Å²) in [5, 5.41) is 12.7. The fraction of sp³-hybridized carbons (Fsp3) is 0.241. The average Bonchev–Trinajstić information content (AvgIpc) is 2.92. The van der Waals surface area contributed by atoms with Crippen LogP contribution >= 0.6 is 23.2 Å². The maximum Gasteiger partial charge on any atom is 0.335 e. The Morgan fingerprint density at radius 2 is 1.68 bits per heavy atom. The van der Waals surface area contributed by atoms with Crippen LogP contribution in [0.25, 0.3) is 16.6 Å². The molecule has 0 fully saturated rings. The molecule has 4 rings (SSSR count). The Morgan fingerprint density at radius 1 is 1.02 bits per heavy atom. The van der Waals surface area contributed by atoms with Gasteiger partial charge in [0.25, 0.3) is 11.5 Å². The smallest absolute Gasteiger partial charge is 0.335 e. The van der Waals surface area contributed by atoms with E-state index >= 15 is 0 Å². The van der Waals surface area contributed by atoms with Crippen LogP contribution in [0, 0.1) is 0 Å². The first-order chi connectivity index (χ1) is 19.5. The molecule has 10 nitrogen and oxygen atoms in total. The summed E-state index contributed by atoms with van der Waals surface area (Å²) < 4.78 is 8.19. The molecule has 2 N–H and O–H groups in total. The molecular weight excluding hydrogens is 571 g/mol. The molecule has 3 aromatic carbocycles. The van der Waals surface area contributed by atoms with E-state index in [0.717, 1.165) is 4.57 Å². The van der Waals surface area contributed by atoms with Gasteiger partial charge in [0.05, 0.1) is 32.2 Å². The van der Waals surface area contributed by atoms with Crippen molar-refractivity contribution in [3.8, 4) is 11.4 Å². The van der Waals surface area contributed by atoms with Gasteiger partial charge in [-0.1, -0.05) is 41.4 Å². The number of carbonyl (C=O) groups is 2. The van der Waals surface area contributed by atoms with Crippen molar-refractivity contribution in [1.82, 2.24) is 19.4 Å². The molecule has 0 bridgehead atoms. The fourth-order valence-corrected chi connectivity index (χ4v) is 4.83. The standard InChI is InChI=1S/C29H28Cl2N4O6/c1-33(2)13-14-41-19-11-12-24-20(16-19)27(37)35(29(40)34(24)3)18-9-7-17(8-10-18)15-23(28(38)39)32-26(36)25-21(30)5-4-6-22(25)31/h4-12,16,23H,13-15H2,1-3H3,(H,32,36)(H,38,39). The molecule has 1 aromatic heterocycles. The van der Waals surface area contributed by atoms with Crippen LogP contribution in [0.4, 0.5) is 0 Å². The molecule has 1 amide bonds. The number of carboxylic acid groups (broad SMARTS) is 1. The van der Waals surface area contributed by atoms with Gasteiger partial charge in [-0.3, -0.25) is 14.2 Å². The molecule has 0 spiro atoms. The van der Waals surface area contributed by atoms with Gasteiger partial charge in [-0.15, -0.1) is 0 Å². The molecule has 0 aliphatic rings. The number of ether oxygens (including phenoxy) is 1. The third kappa shape index (κ3) is 6.62. The van der Waals surface area contributed by atoms with Gasteiger partial charge < -0.3 is 20.1 Å². The molecule has 214 valence electrons. The van der Waals surface area contributed by atoms with Crippen molar-refractivity contribution in [2.45, 2.75) is 12.5 Å². The molecule has 0 radical (unpaired) electrons. The minimum Gasteiger partial charge on any atom is -0.492 e. The molecule has 0 saturated heterocycles. The number of aliphatic carboxylic acids is 1. The van der Waals surface area contributed by atoms with E-state index in [0.29, 0.717) is 41.1 Å². The quantitative estimate of drug-likeness (QED) is 0.287. The van der Waals surface area contributed by atoms with Gasteiger partial charge in [0, 0.05) is 20.0 Å². The largest absolute Gasteiger partial charge is 0.492 e. The third-order valence-electron chi connectivity index (χ3n) is 6.48. The number of fused-ring (bicyclic) bond motifs is 1. The Kier molecular flexibility index (Phi) is 9.17. The van der Waals surface area contributed by atoms with Gasteiger partial charge >= 0.3 is 11.7 Å². The number of aryl methyl sites for hydroxylation is 1. The number of nitrogens with zero attached hydrogens (tertiary/aromatic N) is 3. The lowest BCUT2D eigenvalue weighted by molar-refractivity contribution is -0.139. The molecule has 0 aliphatic carbocycles. The van der Waals surface area contributed by atoms with Crippen molar-refractivity contribution in [2.75, 3.05) is 27.2 Å². The van der Waals surface area contributed by atoms with Crippen LogP contribution in [-0.4, -0.2) is 64.3 Å². The van der Waals surface area contributed by atoms with Gasteiger partial charge in [0.2, 0.25) is 0 Å². The molecule has 1 atom stereocenters. The Balaban J connectivity index is 1.60. The lowest BCUT2D eigenvalue weighted by Gasteiger charge is -2.16. The van der Waals surface area contributed by atoms with Crippen LogP contribution < -0.4 is 21.3 Å². The monoisotopic (exact) mass is 598 g/mol. The number of likely N-dealkylation sites (N-methyl/N-ethyl adjacent to an activating group) is 1. The second kappa shape index (κ2) is 12.6. The summed E-state index contributed by atoms with van der Waals surface area (Å²) in [5.41, 5.74) is 0.250. The normalized spacial score (nSPS) is 12.0. The van der Waals surface area contributed by atoms with Gasteiger partial charge in [0.1, 0.15) is 18.4 Å². The zero-order valence-corrected chi connectivity index (χ0v) is 24.1. The van der Waals surface area contributed by atoms with Crippen LogP contribution in [0.1, 0.15) is 15.9 Å². The minimum atomic E-state index is -1.29. The van der Waals surface area contributed by atoms with Crippen molar-refractivity contribution >= 4 is 46.0 Å². The highest BCUT2D eigenvalue weighted by Crippen LogP contribution is 2.24. The van der Waals surface area contributed by atoms with E-state index in [4.69, 9.17) is 27.9 Å². The molecule has 4 aromatic rings. The Morgan fingerprint density at radius 3 is 2.29 bits per heavy atom. The highest BCUT2D eigenvalue weighted by Gasteiger charge is 2.24. The van der Waals surface area contributed by atoms with Crippen molar-refractivity contribution in [3.63, 3.8) is 0 Å². The van der Waals surface area contributed by atoms with Crippen LogP contribution in [0.5, 0.6) is 5.75 Å². The first-order valence-electron chi connectivity index (χ1n) is 12.6. The number of benzene rings is 3. The Hall–Kier alpha value is -4.12. The van der Waals surface area contributed by atoms with Crippen molar-refractivity contribution in [3.05, 3.63) is 103 Å². The van der Waals surface area contributed by atoms with Gasteiger partial charge in [-0.25, -0.2) is 14.2 Å². The summed E-state index contributed by atoms with van der Waals surface area (Å²) in [4.78, 5) is 53.2. The molecule has 1 heterocycles. The second-order valence-corrected chi connectivity index (χ2v) is 10.5. The average molecular weight is 599 g/mol. The van der Waals surface area contributed by atoms with E-state index in [1.54, 1.807) is 55.6 Å². The SMILES string of the molecule is CN(C)CCOc1ccc2c(c1)c(=O)n(-c1ccc(CC(NC(=O)c3c(Cl)cccc3Cl)C(=O)O)cc1)c(=O)n2C. The highest BCUT2D eigenvalue weighted by molar-refractivity contribution is 6.39. The highest BCUT2D eigenvalue weighted by atomic mass is 35.5. The van der Waals surface area contributed by atoms with Crippen LogP contribution in [0.15, 0.2) is 70.3 Å². The number of amides is 1. The second-order valence-electron chi connectivity index (χ2n) is 9.64. The maximum atomic E-state index is 13.4. The van der Waals surface area contributed by atoms with E-state index in [1.165, 1.54) is 16.7 Å². The number of nitrogens with one attached hydrogen (secondary N) is 1. The third-order valence-corrected chi connectivity index (χ3v) is 7.11. The first-order valence-corrected chi connectivity index (χ1v) is 13.3. The summed E-state index contributed by atoms with van der Waals surface area (Å²) in [6.45, 7) is 1.13. The van der Waals surface area contributed by atoms with E-state index < -0.39 is 29.2 Å². The predicted octanol–water partition coefficient (Wildman–Crippen LogP) is 3.36. The lowest BCUT2D eigenvalue weighted by Crippen LogP contribution is -2.42. The summed E-state index contributed by atoms with van der Waals surface area (Å²) in [5.74, 6) is -1.47. The topological polar surface area (TPSA) is 123 Å². The summed E-state index contributed by atoms with van der Waals surface area (Å²) in [7, 11) is 5.43. The summed E-state index contributed by atoms with van der Waals surface area (Å²) in [6.07, 6.45) is -0.0678. The molecular formula is C29H28Cl2N4O6. The lowest BCUT2D eigenvalue weighted by atomic mass is 10.0. The van der Waals surface area contributed by atoms with E-state index in [-0.39, 0.29) is 22.0 Å². The number of hydrogen-bond acceptors (Lipinski definition) is 6. The van der Waals surface area contributed by atoms with Crippen molar-refractivity contribution in [2.24, 2.45) is 7.05 Å². The summed E-state index contributed by atoms with van der Waals surface area (Å²) >= 11 is 12.2. The number of hydrogen-bond donors (Lipinski definition) is 2. The minimum absolute atomic E-state index is 0.0183. The molecule has 0 aliphatic heterocycles. The fourth-order valence-electron chi connectivity index (χ4n) is 4.26. The van der Waals surface area contributed by atoms with E-state index in [2.05, 4.69) is 5.32 Å². The van der Waals surface area contributed by atoms with E-state index in [1.807, 2.05) is 19.0 Å². The number of carbonyl (C=O) groups excluding carboxylic acids is 1. The predicted molar refractivity (Wildman–Crippen MR) is 158 cm³/mol. The van der Waals surface area contributed by atoms with Crippen molar-refractivity contribution in [1.29, 1.82) is 0 Å². The zero-order valence-electron chi connectivity index (χ0n) is 22.6. The number of carboxylic acids is 1. The van der Waals surface area contributed by atoms with Crippen LogP contribution in [0.2, 0.25) is 10.0 Å². The first kappa shape index (κ1) is 29.9. The Bertz CT molecular complexity index is 1710. The summed E-state index contributed by atoms with van der Waals surface area (Å²) in [6, 6.07) is 14.5. The maximum absolute atomic E-state index is 13.4. The molecule has 41 heavy (non-hydrogen) atoms. The molecule has 0 saturated carbocycles. The van der Waals surface area contributed by atoms with Crippen LogP contribution in [0.3, 0.4) is 0 Å². The Labute approximate surface area is 245 Å². The van der Waals surface area contributed by atoms with Gasteiger partial charge in [-0.2, -0.15) is 0 Å². The number of rotatable bonds is 10. The van der Waals surface area contributed by atoms with Gasteiger partial charge in [0.15, 0.2) is 0 Å². The number of aromatic nitrogens is 2. The molecule has 1 unspecified atom stereocenters. The zero-order chi connectivity index (χ0) is 29.8. The van der Waals surface area contributed by atoms with E-state index in [9.17, 15) is 24.3 Å².